The third kappa shape index (κ3) is 2.46. The molecule has 1 aliphatic rings. The van der Waals surface area contributed by atoms with Crippen LogP contribution in [0.4, 0.5) is 0 Å². The summed E-state index contributed by atoms with van der Waals surface area (Å²) < 4.78 is 0. The molecule has 1 aromatic rings. The number of rotatable bonds is 3. The normalized spacial score (nSPS) is 20.9. The van der Waals surface area contributed by atoms with Crippen molar-refractivity contribution >= 4 is 0 Å². The van der Waals surface area contributed by atoms with Crippen LogP contribution in [0.5, 0.6) is 0 Å². The van der Waals surface area contributed by atoms with E-state index >= 15 is 0 Å². The highest BCUT2D eigenvalue weighted by Gasteiger charge is 2.29. The van der Waals surface area contributed by atoms with Crippen molar-refractivity contribution in [2.75, 3.05) is 0 Å². The van der Waals surface area contributed by atoms with Gasteiger partial charge in [-0.15, -0.1) is 0 Å². The minimum atomic E-state index is -0.652. The van der Waals surface area contributed by atoms with Crippen molar-refractivity contribution in [2.45, 2.75) is 51.6 Å². The first-order valence-electron chi connectivity index (χ1n) is 6.38. The van der Waals surface area contributed by atoms with E-state index in [-0.39, 0.29) is 0 Å². The quantitative estimate of drug-likeness (QED) is 0.818. The van der Waals surface area contributed by atoms with Crippen molar-refractivity contribution in [1.82, 2.24) is 0 Å². The molecule has 0 spiro atoms. The Morgan fingerprint density at radius 1 is 1.25 bits per heavy atom. The molecule has 1 unspecified atom stereocenters. The van der Waals surface area contributed by atoms with E-state index in [0.717, 1.165) is 17.9 Å². The Labute approximate surface area is 98.5 Å². The first kappa shape index (κ1) is 11.7. The van der Waals surface area contributed by atoms with Gasteiger partial charge in [0.15, 0.2) is 0 Å². The lowest BCUT2D eigenvalue weighted by Crippen LogP contribution is -2.25. The van der Waals surface area contributed by atoms with Crippen LogP contribution in [0.2, 0.25) is 0 Å². The molecule has 0 bridgehead atoms. The molecule has 1 saturated carbocycles. The number of hydrogen-bond acceptors (Lipinski definition) is 1. The molecule has 2 rings (SSSR count). The lowest BCUT2D eigenvalue weighted by Gasteiger charge is -2.28. The van der Waals surface area contributed by atoms with E-state index in [2.05, 4.69) is 19.1 Å². The summed E-state index contributed by atoms with van der Waals surface area (Å²) in [5, 5.41) is 10.6. The summed E-state index contributed by atoms with van der Waals surface area (Å²) in [7, 11) is 0. The van der Waals surface area contributed by atoms with Gasteiger partial charge in [0.2, 0.25) is 0 Å². The van der Waals surface area contributed by atoms with Crippen molar-refractivity contribution in [3.05, 3.63) is 35.4 Å². The topological polar surface area (TPSA) is 20.2 Å². The van der Waals surface area contributed by atoms with Gasteiger partial charge in [-0.1, -0.05) is 49.9 Å². The van der Waals surface area contributed by atoms with Crippen LogP contribution < -0.4 is 0 Å². The Hall–Kier alpha value is -0.820. The van der Waals surface area contributed by atoms with Gasteiger partial charge in [0.1, 0.15) is 0 Å². The molecule has 1 N–H and O–H groups in total. The van der Waals surface area contributed by atoms with Gasteiger partial charge in [-0.3, -0.25) is 0 Å². The van der Waals surface area contributed by atoms with Crippen molar-refractivity contribution in [2.24, 2.45) is 5.92 Å². The molecule has 0 heterocycles. The van der Waals surface area contributed by atoms with Gasteiger partial charge in [-0.05, 0) is 37.3 Å². The van der Waals surface area contributed by atoms with E-state index in [0.29, 0.717) is 0 Å². The van der Waals surface area contributed by atoms with Gasteiger partial charge in [-0.25, -0.2) is 0 Å². The Balaban J connectivity index is 2.14. The summed E-state index contributed by atoms with van der Waals surface area (Å²) >= 11 is 0. The van der Waals surface area contributed by atoms with Crippen molar-refractivity contribution in [1.29, 1.82) is 0 Å². The van der Waals surface area contributed by atoms with Crippen LogP contribution >= 0.6 is 0 Å². The van der Waals surface area contributed by atoms with Gasteiger partial charge in [0.05, 0.1) is 5.60 Å². The minimum absolute atomic E-state index is 0.652. The molecule has 0 aliphatic heterocycles. The molecule has 0 amide bonds. The molecule has 0 aromatic heterocycles. The van der Waals surface area contributed by atoms with Crippen LogP contribution in [-0.4, -0.2) is 5.11 Å². The molecular weight excluding hydrogens is 196 g/mol. The SMILES string of the molecule is Cc1ccccc1C(C)(O)CC1CCCC1. The second-order valence-electron chi connectivity index (χ2n) is 5.44. The first-order valence-corrected chi connectivity index (χ1v) is 6.38. The molecule has 88 valence electrons. The second-order valence-corrected chi connectivity index (χ2v) is 5.44. The zero-order valence-corrected chi connectivity index (χ0v) is 10.4. The fourth-order valence-corrected chi connectivity index (χ4v) is 3.06. The standard InChI is InChI=1S/C15H22O/c1-12-7-3-6-10-14(12)15(2,16)11-13-8-4-5-9-13/h3,6-7,10,13,16H,4-5,8-9,11H2,1-2H3. The average molecular weight is 218 g/mol. The maximum atomic E-state index is 10.6. The van der Waals surface area contributed by atoms with Crippen LogP contribution in [0.25, 0.3) is 0 Å². The highest BCUT2D eigenvalue weighted by atomic mass is 16.3. The predicted octanol–water partition coefficient (Wildman–Crippen LogP) is 3.78. The number of hydrogen-bond donors (Lipinski definition) is 1. The highest BCUT2D eigenvalue weighted by molar-refractivity contribution is 5.30. The number of aryl methyl sites for hydroxylation is 1. The maximum Gasteiger partial charge on any atom is 0.0873 e. The fourth-order valence-electron chi connectivity index (χ4n) is 3.06. The van der Waals surface area contributed by atoms with Gasteiger partial charge >= 0.3 is 0 Å². The van der Waals surface area contributed by atoms with Crippen LogP contribution in [0, 0.1) is 12.8 Å². The van der Waals surface area contributed by atoms with Crippen LogP contribution in [-0.2, 0) is 5.60 Å². The summed E-state index contributed by atoms with van der Waals surface area (Å²) in [5.74, 6) is 0.717. The fraction of sp³-hybridized carbons (Fsp3) is 0.600. The Kier molecular flexibility index (Phi) is 3.34. The van der Waals surface area contributed by atoms with Gasteiger partial charge in [-0.2, -0.15) is 0 Å². The smallest absolute Gasteiger partial charge is 0.0873 e. The van der Waals surface area contributed by atoms with E-state index in [4.69, 9.17) is 0 Å². The zero-order valence-electron chi connectivity index (χ0n) is 10.4. The van der Waals surface area contributed by atoms with Crippen LogP contribution in [0.1, 0.15) is 50.2 Å². The maximum absolute atomic E-state index is 10.6. The summed E-state index contributed by atoms with van der Waals surface area (Å²) in [6.07, 6.45) is 6.19. The first-order chi connectivity index (χ1) is 7.59. The van der Waals surface area contributed by atoms with Gasteiger partial charge in [0.25, 0.3) is 0 Å². The number of benzene rings is 1. The zero-order chi connectivity index (χ0) is 11.6. The van der Waals surface area contributed by atoms with Crippen molar-refractivity contribution in [3.63, 3.8) is 0 Å². The van der Waals surface area contributed by atoms with Crippen molar-refractivity contribution in [3.8, 4) is 0 Å². The molecule has 1 fully saturated rings. The molecule has 16 heavy (non-hydrogen) atoms. The van der Waals surface area contributed by atoms with Gasteiger partial charge < -0.3 is 5.11 Å². The molecule has 1 aromatic carbocycles. The van der Waals surface area contributed by atoms with E-state index in [1.807, 2.05) is 19.1 Å². The molecule has 1 nitrogen and oxygen atoms in total. The predicted molar refractivity (Wildman–Crippen MR) is 67.3 cm³/mol. The molecular formula is C15H22O. The Bertz CT molecular complexity index is 348. The summed E-state index contributed by atoms with van der Waals surface area (Å²) in [5.41, 5.74) is 1.65. The number of aliphatic hydroxyl groups is 1. The Morgan fingerprint density at radius 2 is 1.88 bits per heavy atom. The third-order valence-electron chi connectivity index (χ3n) is 3.89. The van der Waals surface area contributed by atoms with E-state index in [9.17, 15) is 5.11 Å². The average Bonchev–Trinajstić information content (AvgIpc) is 2.70. The second kappa shape index (κ2) is 4.58. The molecule has 0 radical (unpaired) electrons. The van der Waals surface area contributed by atoms with Crippen LogP contribution in [0.15, 0.2) is 24.3 Å². The summed E-state index contributed by atoms with van der Waals surface area (Å²) in [4.78, 5) is 0. The third-order valence-corrected chi connectivity index (χ3v) is 3.89. The lowest BCUT2D eigenvalue weighted by atomic mass is 9.83. The molecule has 0 saturated heterocycles. The van der Waals surface area contributed by atoms with E-state index in [1.54, 1.807) is 0 Å². The summed E-state index contributed by atoms with van der Waals surface area (Å²) in [6, 6.07) is 8.19. The molecule has 1 aliphatic carbocycles. The largest absolute Gasteiger partial charge is 0.385 e. The monoisotopic (exact) mass is 218 g/mol. The molecule has 1 atom stereocenters. The molecule has 1 heteroatoms. The van der Waals surface area contributed by atoms with Gasteiger partial charge in [0, 0.05) is 0 Å². The van der Waals surface area contributed by atoms with Crippen molar-refractivity contribution < 1.29 is 5.11 Å². The van der Waals surface area contributed by atoms with E-state index in [1.165, 1.54) is 31.2 Å². The summed E-state index contributed by atoms with van der Waals surface area (Å²) in [6.45, 7) is 4.05. The van der Waals surface area contributed by atoms with Crippen LogP contribution in [0.3, 0.4) is 0 Å². The lowest BCUT2D eigenvalue weighted by molar-refractivity contribution is 0.0302. The highest BCUT2D eigenvalue weighted by Crippen LogP contribution is 2.37. The Morgan fingerprint density at radius 3 is 2.50 bits per heavy atom. The van der Waals surface area contributed by atoms with E-state index < -0.39 is 5.60 Å². The minimum Gasteiger partial charge on any atom is -0.385 e.